The monoisotopic (exact) mass is 384 g/mol. The molecule has 1 fully saturated rings. The van der Waals surface area contributed by atoms with Gasteiger partial charge in [0.05, 0.1) is 26.7 Å². The maximum Gasteiger partial charge on any atom is 0.310 e. The first-order chi connectivity index (χ1) is 13.6. The summed E-state index contributed by atoms with van der Waals surface area (Å²) in [6.45, 7) is 0.596. The Kier molecular flexibility index (Phi) is 3.79. The maximum atomic E-state index is 12.6. The molecule has 2 aliphatic heterocycles. The molecule has 0 aromatic heterocycles. The van der Waals surface area contributed by atoms with Gasteiger partial charge in [0.25, 0.3) is 0 Å². The zero-order valence-corrected chi connectivity index (χ0v) is 15.6. The van der Waals surface area contributed by atoms with Crippen molar-refractivity contribution in [2.24, 2.45) is 11.8 Å². The molecule has 0 spiro atoms. The number of carbonyl (C=O) groups excluding carboxylic acids is 1. The van der Waals surface area contributed by atoms with E-state index in [0.29, 0.717) is 23.9 Å². The van der Waals surface area contributed by atoms with Crippen LogP contribution in [0, 0.1) is 11.8 Å². The van der Waals surface area contributed by atoms with Crippen molar-refractivity contribution in [1.29, 1.82) is 0 Å². The lowest BCUT2D eigenvalue weighted by Crippen LogP contribution is -2.31. The number of esters is 1. The van der Waals surface area contributed by atoms with Crippen molar-refractivity contribution in [2.45, 2.75) is 12.3 Å². The highest BCUT2D eigenvalue weighted by molar-refractivity contribution is 5.78. The summed E-state index contributed by atoms with van der Waals surface area (Å²) >= 11 is 0. The number of benzene rings is 2. The molecular formula is C21H20O7. The average molecular weight is 384 g/mol. The lowest BCUT2D eigenvalue weighted by atomic mass is 9.67. The smallest absolute Gasteiger partial charge is 0.310 e. The van der Waals surface area contributed by atoms with Crippen LogP contribution < -0.4 is 18.9 Å². The summed E-state index contributed by atoms with van der Waals surface area (Å²) in [4.78, 5) is 12.6. The van der Waals surface area contributed by atoms with Crippen LogP contribution in [0.1, 0.15) is 22.6 Å². The number of aromatic hydroxyl groups is 1. The van der Waals surface area contributed by atoms with Crippen molar-refractivity contribution in [3.8, 4) is 28.7 Å². The number of hydrogen-bond donors (Lipinski definition) is 1. The number of methoxy groups -OCH3 is 2. The highest BCUT2D eigenvalue weighted by Crippen LogP contribution is 2.52. The van der Waals surface area contributed by atoms with Gasteiger partial charge in [-0.25, -0.2) is 0 Å². The molecule has 1 saturated heterocycles. The largest absolute Gasteiger partial charge is 0.502 e. The van der Waals surface area contributed by atoms with Gasteiger partial charge < -0.3 is 28.8 Å². The second-order valence-electron chi connectivity index (χ2n) is 7.28. The highest BCUT2D eigenvalue weighted by Gasteiger charge is 2.48. The van der Waals surface area contributed by atoms with Crippen LogP contribution in [-0.4, -0.2) is 38.7 Å². The van der Waals surface area contributed by atoms with Crippen molar-refractivity contribution in [3.63, 3.8) is 0 Å². The molecule has 1 N–H and O–H groups in total. The molecule has 1 aliphatic carbocycles. The van der Waals surface area contributed by atoms with Crippen LogP contribution in [0.25, 0.3) is 0 Å². The first-order valence-corrected chi connectivity index (χ1v) is 9.14. The molecule has 28 heavy (non-hydrogen) atoms. The van der Waals surface area contributed by atoms with Gasteiger partial charge in [0.1, 0.15) is 0 Å². The molecule has 2 aromatic carbocycles. The Balaban J connectivity index is 1.72. The molecule has 7 nitrogen and oxygen atoms in total. The van der Waals surface area contributed by atoms with E-state index < -0.39 is 0 Å². The van der Waals surface area contributed by atoms with Crippen LogP contribution >= 0.6 is 0 Å². The number of hydrogen-bond acceptors (Lipinski definition) is 7. The fourth-order valence-corrected chi connectivity index (χ4v) is 4.60. The van der Waals surface area contributed by atoms with Crippen molar-refractivity contribution >= 4 is 5.97 Å². The number of phenolic OH excluding ortho intramolecular Hbond substituents is 1. The Morgan fingerprint density at radius 1 is 1.00 bits per heavy atom. The van der Waals surface area contributed by atoms with Crippen LogP contribution in [0.15, 0.2) is 24.3 Å². The lowest BCUT2D eigenvalue weighted by molar-refractivity contribution is -0.141. The van der Waals surface area contributed by atoms with Gasteiger partial charge >= 0.3 is 5.97 Å². The summed E-state index contributed by atoms with van der Waals surface area (Å²) < 4.78 is 27.2. The van der Waals surface area contributed by atoms with E-state index >= 15 is 0 Å². The number of cyclic esters (lactones) is 1. The Hall–Kier alpha value is -3.09. The third-order valence-electron chi connectivity index (χ3n) is 5.89. The lowest BCUT2D eigenvalue weighted by Gasteiger charge is -2.33. The molecule has 5 rings (SSSR count). The molecule has 0 radical (unpaired) electrons. The minimum Gasteiger partial charge on any atom is -0.502 e. The summed E-state index contributed by atoms with van der Waals surface area (Å²) in [6, 6.07) is 7.46. The van der Waals surface area contributed by atoms with Gasteiger partial charge in [-0.3, -0.25) is 4.79 Å². The topological polar surface area (TPSA) is 83.5 Å². The molecule has 2 aromatic rings. The maximum absolute atomic E-state index is 12.6. The summed E-state index contributed by atoms with van der Waals surface area (Å²) in [5, 5.41) is 10.3. The standard InChI is InChI=1S/C21H20O7/c1-24-16-5-11(6-17(25-2)20(16)22)18-13-7-15-14(27-9-28-15)4-10(13)3-12-8-26-21(23)19(12)18/h4-7,12,18-19,22H,3,8-9H2,1-2H3/t12-,18-,19-/m0/s1. The fourth-order valence-electron chi connectivity index (χ4n) is 4.60. The van der Waals surface area contributed by atoms with E-state index in [-0.39, 0.29) is 36.3 Å². The average Bonchev–Trinajstić information content (AvgIpc) is 3.31. The van der Waals surface area contributed by atoms with Gasteiger partial charge in [-0.1, -0.05) is 0 Å². The predicted octanol–water partition coefficient (Wildman–Crippen LogP) is 2.62. The van der Waals surface area contributed by atoms with Gasteiger partial charge in [0, 0.05) is 11.8 Å². The van der Waals surface area contributed by atoms with Crippen LogP contribution in [0.2, 0.25) is 0 Å². The number of carbonyl (C=O) groups is 1. The predicted molar refractivity (Wildman–Crippen MR) is 97.3 cm³/mol. The van der Waals surface area contributed by atoms with Gasteiger partial charge in [0.2, 0.25) is 12.5 Å². The molecule has 2 heterocycles. The summed E-state index contributed by atoms with van der Waals surface area (Å²) in [7, 11) is 2.97. The van der Waals surface area contributed by atoms with E-state index in [4.69, 9.17) is 23.7 Å². The van der Waals surface area contributed by atoms with Crippen molar-refractivity contribution < 1.29 is 33.6 Å². The summed E-state index contributed by atoms with van der Waals surface area (Å²) in [5.41, 5.74) is 2.93. The Labute approximate surface area is 161 Å². The van der Waals surface area contributed by atoms with Crippen LogP contribution in [-0.2, 0) is 16.0 Å². The molecule has 0 amide bonds. The molecule has 0 bridgehead atoms. The van der Waals surface area contributed by atoms with E-state index in [2.05, 4.69) is 0 Å². The summed E-state index contributed by atoms with van der Waals surface area (Å²) in [6.07, 6.45) is 0.741. The molecule has 0 saturated carbocycles. The molecule has 3 atom stereocenters. The molecule has 3 aliphatic rings. The van der Waals surface area contributed by atoms with Crippen LogP contribution in [0.3, 0.4) is 0 Å². The first-order valence-electron chi connectivity index (χ1n) is 9.14. The van der Waals surface area contributed by atoms with E-state index in [1.165, 1.54) is 14.2 Å². The van der Waals surface area contributed by atoms with Gasteiger partial charge in [0.15, 0.2) is 23.0 Å². The number of fused-ring (bicyclic) bond motifs is 3. The van der Waals surface area contributed by atoms with Gasteiger partial charge in [-0.05, 0) is 47.4 Å². The Bertz CT molecular complexity index is 942. The van der Waals surface area contributed by atoms with E-state index in [9.17, 15) is 9.90 Å². The Morgan fingerprint density at radius 2 is 1.68 bits per heavy atom. The third kappa shape index (κ3) is 2.38. The zero-order valence-electron chi connectivity index (χ0n) is 15.6. The van der Waals surface area contributed by atoms with E-state index in [1.807, 2.05) is 12.1 Å². The fraction of sp³-hybridized carbons (Fsp3) is 0.381. The van der Waals surface area contributed by atoms with Crippen molar-refractivity contribution in [3.05, 3.63) is 41.0 Å². The molecule has 146 valence electrons. The van der Waals surface area contributed by atoms with E-state index in [0.717, 1.165) is 28.9 Å². The number of ether oxygens (including phenoxy) is 5. The highest BCUT2D eigenvalue weighted by atomic mass is 16.7. The molecular weight excluding hydrogens is 364 g/mol. The van der Waals surface area contributed by atoms with Crippen molar-refractivity contribution in [2.75, 3.05) is 27.6 Å². The van der Waals surface area contributed by atoms with Crippen molar-refractivity contribution in [1.82, 2.24) is 0 Å². The molecule has 0 unspecified atom stereocenters. The Morgan fingerprint density at radius 3 is 2.36 bits per heavy atom. The van der Waals surface area contributed by atoms with Crippen LogP contribution in [0.5, 0.6) is 28.7 Å². The number of phenols is 1. The second kappa shape index (κ2) is 6.22. The minimum absolute atomic E-state index is 0.0685. The minimum atomic E-state index is -0.313. The third-order valence-corrected chi connectivity index (χ3v) is 5.89. The first kappa shape index (κ1) is 17.0. The van der Waals surface area contributed by atoms with E-state index in [1.54, 1.807) is 12.1 Å². The quantitative estimate of drug-likeness (QED) is 0.815. The SMILES string of the molecule is COc1cc([C@H]2c3cc4c(cc3C[C@H]3COC(=O)[C@@H]32)OCO4)cc(OC)c1O. The zero-order chi connectivity index (χ0) is 19.4. The van der Waals surface area contributed by atoms with Gasteiger partial charge in [-0.15, -0.1) is 0 Å². The summed E-state index contributed by atoms with van der Waals surface area (Å²) in [5.74, 6) is 1.22. The van der Waals surface area contributed by atoms with Crippen LogP contribution in [0.4, 0.5) is 0 Å². The molecule has 7 heteroatoms. The normalized spacial score (nSPS) is 24.4. The van der Waals surface area contributed by atoms with Gasteiger partial charge in [-0.2, -0.15) is 0 Å². The second-order valence-corrected chi connectivity index (χ2v) is 7.28. The number of rotatable bonds is 3.